The third-order valence-corrected chi connectivity index (χ3v) is 3.38. The largest absolute Gasteiger partial charge is 0.467 e. The highest BCUT2D eigenvalue weighted by Crippen LogP contribution is 2.30. The third kappa shape index (κ3) is 3.13. The molecule has 3 aromatic rings. The molecule has 7 heteroatoms. The summed E-state index contributed by atoms with van der Waals surface area (Å²) in [6.07, 6.45) is 4.42. The zero-order valence-electron chi connectivity index (χ0n) is 12.7. The predicted octanol–water partition coefficient (Wildman–Crippen LogP) is 3.04. The summed E-state index contributed by atoms with van der Waals surface area (Å²) in [7, 11) is 0. The molecule has 23 heavy (non-hydrogen) atoms. The Morgan fingerprint density at radius 1 is 1.30 bits per heavy atom. The van der Waals surface area contributed by atoms with Gasteiger partial charge in [0.2, 0.25) is 0 Å². The van der Waals surface area contributed by atoms with Crippen LogP contribution < -0.4 is 10.5 Å². The van der Waals surface area contributed by atoms with Gasteiger partial charge in [-0.2, -0.15) is 0 Å². The fourth-order valence-corrected chi connectivity index (χ4v) is 2.28. The number of nitrogens with zero attached hydrogens (tertiary/aromatic N) is 3. The van der Waals surface area contributed by atoms with Crippen LogP contribution in [0, 0.1) is 12.7 Å². The molecule has 0 aliphatic heterocycles. The highest BCUT2D eigenvalue weighted by atomic mass is 19.1. The molecule has 0 amide bonds. The lowest BCUT2D eigenvalue weighted by Gasteiger charge is -2.18. The van der Waals surface area contributed by atoms with Gasteiger partial charge in [-0.1, -0.05) is 0 Å². The standard InChI is InChI=1S/C16H16FN5O/c1-9-8-21-14(18)16(22-9)23-10(2)13-7-11(17)3-4-12(13)15-19-5-6-20-15/h3-8,10H,1-2H3,(H2,18,21)(H,19,20). The Kier molecular flexibility index (Phi) is 3.92. The molecule has 0 bridgehead atoms. The molecular formula is C16H16FN5O. The van der Waals surface area contributed by atoms with E-state index in [1.807, 2.05) is 0 Å². The maximum absolute atomic E-state index is 13.7. The van der Waals surface area contributed by atoms with Gasteiger partial charge in [0, 0.05) is 23.5 Å². The molecule has 0 fully saturated rings. The van der Waals surface area contributed by atoms with Gasteiger partial charge >= 0.3 is 0 Å². The van der Waals surface area contributed by atoms with E-state index < -0.39 is 6.10 Å². The summed E-state index contributed by atoms with van der Waals surface area (Å²) >= 11 is 0. The Morgan fingerprint density at radius 3 is 2.87 bits per heavy atom. The topological polar surface area (TPSA) is 89.7 Å². The quantitative estimate of drug-likeness (QED) is 0.772. The van der Waals surface area contributed by atoms with Crippen LogP contribution in [0.3, 0.4) is 0 Å². The van der Waals surface area contributed by atoms with Crippen molar-refractivity contribution < 1.29 is 9.13 Å². The van der Waals surface area contributed by atoms with E-state index in [1.165, 1.54) is 12.1 Å². The zero-order chi connectivity index (χ0) is 16.4. The van der Waals surface area contributed by atoms with Gasteiger partial charge in [-0.05, 0) is 32.0 Å². The second kappa shape index (κ2) is 6.04. The van der Waals surface area contributed by atoms with Gasteiger partial charge in [0.05, 0.1) is 11.9 Å². The van der Waals surface area contributed by atoms with Gasteiger partial charge in [-0.25, -0.2) is 19.3 Å². The Labute approximate surface area is 132 Å². The van der Waals surface area contributed by atoms with Gasteiger partial charge in [-0.15, -0.1) is 0 Å². The number of imidazole rings is 1. The Morgan fingerprint density at radius 2 is 2.13 bits per heavy atom. The minimum Gasteiger partial charge on any atom is -0.467 e. The molecule has 0 saturated heterocycles. The van der Waals surface area contributed by atoms with Gasteiger partial charge in [0.25, 0.3) is 5.88 Å². The maximum Gasteiger partial charge on any atom is 0.258 e. The number of aromatic nitrogens is 4. The average Bonchev–Trinajstić information content (AvgIpc) is 3.05. The lowest BCUT2D eigenvalue weighted by Crippen LogP contribution is -2.09. The van der Waals surface area contributed by atoms with Crippen LogP contribution in [0.25, 0.3) is 11.4 Å². The van der Waals surface area contributed by atoms with Crippen LogP contribution in [-0.2, 0) is 0 Å². The van der Waals surface area contributed by atoms with Crippen LogP contribution in [0.2, 0.25) is 0 Å². The highest BCUT2D eigenvalue weighted by molar-refractivity contribution is 5.61. The number of hydrogen-bond donors (Lipinski definition) is 2. The van der Waals surface area contributed by atoms with E-state index in [9.17, 15) is 4.39 Å². The second-order valence-electron chi connectivity index (χ2n) is 5.13. The van der Waals surface area contributed by atoms with Crippen molar-refractivity contribution in [2.24, 2.45) is 0 Å². The minimum absolute atomic E-state index is 0.193. The summed E-state index contributed by atoms with van der Waals surface area (Å²) in [6, 6.07) is 4.46. The first-order valence-corrected chi connectivity index (χ1v) is 7.09. The molecule has 0 spiro atoms. The smallest absolute Gasteiger partial charge is 0.258 e. The fourth-order valence-electron chi connectivity index (χ4n) is 2.28. The van der Waals surface area contributed by atoms with E-state index in [4.69, 9.17) is 10.5 Å². The van der Waals surface area contributed by atoms with Crippen molar-refractivity contribution in [2.45, 2.75) is 20.0 Å². The summed E-state index contributed by atoms with van der Waals surface area (Å²) in [5, 5.41) is 0. The molecule has 0 aliphatic carbocycles. The molecular weight excluding hydrogens is 297 g/mol. The van der Waals surface area contributed by atoms with Crippen LogP contribution >= 0.6 is 0 Å². The van der Waals surface area contributed by atoms with Crippen molar-refractivity contribution in [3.63, 3.8) is 0 Å². The highest BCUT2D eigenvalue weighted by Gasteiger charge is 2.18. The number of nitrogens with two attached hydrogens (primary N) is 1. The predicted molar refractivity (Wildman–Crippen MR) is 84.2 cm³/mol. The second-order valence-corrected chi connectivity index (χ2v) is 5.13. The number of nitrogen functional groups attached to an aromatic ring is 1. The summed E-state index contributed by atoms with van der Waals surface area (Å²) in [5.74, 6) is 0.707. The number of anilines is 1. The first-order chi connectivity index (χ1) is 11.0. The number of aromatic amines is 1. The molecule has 3 N–H and O–H groups in total. The van der Waals surface area contributed by atoms with Crippen LogP contribution in [0.15, 0.2) is 36.8 Å². The van der Waals surface area contributed by atoms with Gasteiger partial charge in [-0.3, -0.25) is 0 Å². The van der Waals surface area contributed by atoms with Gasteiger partial charge in [0.1, 0.15) is 17.7 Å². The molecule has 2 heterocycles. The van der Waals surface area contributed by atoms with Gasteiger partial charge in [0.15, 0.2) is 5.82 Å². The van der Waals surface area contributed by atoms with E-state index in [-0.39, 0.29) is 17.5 Å². The van der Waals surface area contributed by atoms with E-state index >= 15 is 0 Å². The summed E-state index contributed by atoms with van der Waals surface area (Å²) in [4.78, 5) is 15.5. The number of aryl methyl sites for hydroxylation is 1. The number of halogens is 1. The minimum atomic E-state index is -0.482. The summed E-state index contributed by atoms with van der Waals surface area (Å²) < 4.78 is 19.5. The third-order valence-electron chi connectivity index (χ3n) is 3.38. The summed E-state index contributed by atoms with van der Waals surface area (Å²) in [6.45, 7) is 3.59. The van der Waals surface area contributed by atoms with Crippen molar-refractivity contribution in [3.05, 3.63) is 53.9 Å². The lowest BCUT2D eigenvalue weighted by molar-refractivity contribution is 0.218. The molecule has 3 rings (SSSR count). The van der Waals surface area contributed by atoms with Crippen LogP contribution in [0.4, 0.5) is 10.2 Å². The Bertz CT molecular complexity index is 819. The number of hydrogen-bond acceptors (Lipinski definition) is 5. The van der Waals surface area contributed by atoms with Crippen molar-refractivity contribution in [1.82, 2.24) is 19.9 Å². The molecule has 0 aliphatic rings. The lowest BCUT2D eigenvalue weighted by atomic mass is 10.0. The average molecular weight is 313 g/mol. The van der Waals surface area contributed by atoms with Crippen LogP contribution in [0.1, 0.15) is 24.3 Å². The van der Waals surface area contributed by atoms with E-state index in [1.54, 1.807) is 38.5 Å². The molecule has 1 atom stereocenters. The number of benzene rings is 1. The monoisotopic (exact) mass is 313 g/mol. The Hall–Kier alpha value is -2.96. The molecule has 1 unspecified atom stereocenters. The first-order valence-electron chi connectivity index (χ1n) is 7.09. The molecule has 6 nitrogen and oxygen atoms in total. The number of nitrogens with one attached hydrogen (secondary N) is 1. The molecule has 0 radical (unpaired) electrons. The number of ether oxygens (including phenoxy) is 1. The SMILES string of the molecule is Cc1cnc(N)c(OC(C)c2cc(F)ccc2-c2ncc[nH]2)n1. The van der Waals surface area contributed by atoms with Crippen molar-refractivity contribution in [2.75, 3.05) is 5.73 Å². The van der Waals surface area contributed by atoms with Gasteiger partial charge < -0.3 is 15.5 Å². The molecule has 0 saturated carbocycles. The maximum atomic E-state index is 13.7. The molecule has 2 aromatic heterocycles. The normalized spacial score (nSPS) is 12.1. The zero-order valence-corrected chi connectivity index (χ0v) is 12.7. The van der Waals surface area contributed by atoms with Crippen molar-refractivity contribution in [1.29, 1.82) is 0 Å². The molecule has 1 aromatic carbocycles. The van der Waals surface area contributed by atoms with E-state index in [2.05, 4.69) is 19.9 Å². The molecule has 118 valence electrons. The number of H-pyrrole nitrogens is 1. The van der Waals surface area contributed by atoms with E-state index in [0.717, 1.165) is 5.56 Å². The number of rotatable bonds is 4. The fraction of sp³-hybridized carbons (Fsp3) is 0.188. The summed E-state index contributed by atoms with van der Waals surface area (Å²) in [5.41, 5.74) is 7.87. The first kappa shape index (κ1) is 15.0. The van der Waals surface area contributed by atoms with E-state index in [0.29, 0.717) is 17.1 Å². The van der Waals surface area contributed by atoms with Crippen LogP contribution in [-0.4, -0.2) is 19.9 Å². The Balaban J connectivity index is 1.97. The van der Waals surface area contributed by atoms with Crippen molar-refractivity contribution in [3.8, 4) is 17.3 Å². The van der Waals surface area contributed by atoms with Crippen LogP contribution in [0.5, 0.6) is 5.88 Å². The van der Waals surface area contributed by atoms with Crippen molar-refractivity contribution >= 4 is 5.82 Å².